The van der Waals surface area contributed by atoms with Crippen molar-refractivity contribution in [1.82, 2.24) is 14.8 Å². The molecule has 9 heteroatoms. The van der Waals surface area contributed by atoms with Crippen molar-refractivity contribution in [2.24, 2.45) is 0 Å². The smallest absolute Gasteiger partial charge is 0.416 e. The first-order valence-corrected chi connectivity index (χ1v) is 9.39. The van der Waals surface area contributed by atoms with Crippen LogP contribution in [0.25, 0.3) is 17.1 Å². The lowest BCUT2D eigenvalue weighted by molar-refractivity contribution is -0.137. The van der Waals surface area contributed by atoms with Crippen LogP contribution in [0.3, 0.4) is 0 Å². The number of carbonyl (C=O) groups excluding carboxylic acids is 1. The zero-order chi connectivity index (χ0) is 21.9. The molecule has 1 heterocycles. The molecule has 0 saturated heterocycles. The fourth-order valence-electron chi connectivity index (χ4n) is 2.69. The lowest BCUT2D eigenvalue weighted by atomic mass is 10.1. The van der Waals surface area contributed by atoms with Gasteiger partial charge in [-0.05, 0) is 44.2 Å². The van der Waals surface area contributed by atoms with Crippen molar-refractivity contribution < 1.29 is 22.7 Å². The molecule has 0 aliphatic carbocycles. The number of anilines is 1. The summed E-state index contributed by atoms with van der Waals surface area (Å²) in [4.78, 5) is 16.1. The Balaban J connectivity index is 2.05. The zero-order valence-electron chi connectivity index (χ0n) is 16.7. The normalized spacial score (nSPS) is 11.6. The van der Waals surface area contributed by atoms with Crippen LogP contribution in [0.1, 0.15) is 32.8 Å². The minimum Gasteiger partial charge on any atom is -0.460 e. The molecule has 0 atom stereocenters. The van der Waals surface area contributed by atoms with Crippen LogP contribution in [-0.2, 0) is 11.0 Å². The number of carbonyl (C=O) groups is 1. The van der Waals surface area contributed by atoms with Crippen LogP contribution in [0.4, 0.5) is 18.9 Å². The summed E-state index contributed by atoms with van der Waals surface area (Å²) in [7, 11) is 0. The van der Waals surface area contributed by atoms with Crippen LogP contribution in [-0.4, -0.2) is 26.8 Å². The molecular weight excluding hydrogens is 397 g/mol. The average Bonchev–Trinajstić information content (AvgIpc) is 3.10. The second-order valence-corrected chi connectivity index (χ2v) is 6.82. The van der Waals surface area contributed by atoms with Crippen LogP contribution in [0, 0.1) is 0 Å². The molecule has 0 bridgehead atoms. The fourth-order valence-corrected chi connectivity index (χ4v) is 2.69. The second-order valence-electron chi connectivity index (χ2n) is 6.82. The van der Waals surface area contributed by atoms with Gasteiger partial charge >= 0.3 is 12.2 Å². The molecule has 3 aromatic rings. The van der Waals surface area contributed by atoms with E-state index in [0.29, 0.717) is 29.2 Å². The van der Waals surface area contributed by atoms with Crippen molar-refractivity contribution in [2.75, 3.05) is 5.32 Å². The summed E-state index contributed by atoms with van der Waals surface area (Å²) < 4.78 is 45.8. The third-order valence-corrected chi connectivity index (χ3v) is 4.09. The topological polar surface area (TPSA) is 69.0 Å². The number of nitrogens with one attached hydrogen (secondary N) is 1. The van der Waals surface area contributed by atoms with Gasteiger partial charge in [-0.25, -0.2) is 4.68 Å². The lowest BCUT2D eigenvalue weighted by Crippen LogP contribution is -2.10. The van der Waals surface area contributed by atoms with E-state index in [2.05, 4.69) is 15.4 Å². The molecule has 0 aliphatic heterocycles. The molecule has 1 N–H and O–H groups in total. The highest BCUT2D eigenvalue weighted by atomic mass is 19.4. The number of benzene rings is 2. The van der Waals surface area contributed by atoms with Gasteiger partial charge in [0.05, 0.1) is 17.4 Å². The maximum atomic E-state index is 12.9. The number of hydrogen-bond acceptors (Lipinski definition) is 4. The Hall–Kier alpha value is -3.36. The molecule has 0 unspecified atom stereocenters. The molecule has 0 saturated carbocycles. The highest BCUT2D eigenvalue weighted by molar-refractivity contribution is 5.90. The summed E-state index contributed by atoms with van der Waals surface area (Å²) in [5, 5.41) is 7.12. The summed E-state index contributed by atoms with van der Waals surface area (Å²) in [6, 6.07) is 11.7. The van der Waals surface area contributed by atoms with Crippen LogP contribution in [0.5, 0.6) is 6.01 Å². The van der Waals surface area contributed by atoms with E-state index < -0.39 is 11.7 Å². The molecule has 1 aromatic heterocycles. The number of aromatic nitrogens is 3. The van der Waals surface area contributed by atoms with E-state index in [0.717, 1.165) is 12.1 Å². The first kappa shape index (κ1) is 21.4. The van der Waals surface area contributed by atoms with E-state index in [1.807, 2.05) is 13.8 Å². The van der Waals surface area contributed by atoms with Gasteiger partial charge in [0.15, 0.2) is 5.82 Å². The Kier molecular flexibility index (Phi) is 6.09. The largest absolute Gasteiger partial charge is 0.460 e. The van der Waals surface area contributed by atoms with Gasteiger partial charge in [-0.1, -0.05) is 25.1 Å². The Morgan fingerprint density at radius 2 is 1.87 bits per heavy atom. The summed E-state index contributed by atoms with van der Waals surface area (Å²) in [5.41, 5.74) is 0.835. The SMILES string of the molecule is CCC(=O)Nc1cccc(-n2nc(OC(C)C)nc2-c2ccc(C(F)(F)F)cc2)c1. The minimum atomic E-state index is -4.43. The van der Waals surface area contributed by atoms with Crippen LogP contribution >= 0.6 is 0 Å². The van der Waals surface area contributed by atoms with Gasteiger partial charge in [-0.3, -0.25) is 4.79 Å². The van der Waals surface area contributed by atoms with Crippen molar-refractivity contribution in [3.63, 3.8) is 0 Å². The second kappa shape index (κ2) is 8.56. The van der Waals surface area contributed by atoms with E-state index in [1.54, 1.807) is 31.2 Å². The number of rotatable bonds is 6. The number of amides is 1. The molecule has 158 valence electrons. The predicted octanol–water partition coefficient (Wildman–Crippen LogP) is 5.09. The van der Waals surface area contributed by atoms with Crippen molar-refractivity contribution in [1.29, 1.82) is 0 Å². The molecule has 6 nitrogen and oxygen atoms in total. The summed E-state index contributed by atoms with van der Waals surface area (Å²) in [6.07, 6.45) is -4.28. The highest BCUT2D eigenvalue weighted by Gasteiger charge is 2.30. The van der Waals surface area contributed by atoms with Crippen LogP contribution in [0.15, 0.2) is 48.5 Å². The molecule has 0 fully saturated rings. The van der Waals surface area contributed by atoms with Gasteiger partial charge in [-0.2, -0.15) is 18.2 Å². The molecule has 1 amide bonds. The van der Waals surface area contributed by atoms with E-state index >= 15 is 0 Å². The summed E-state index contributed by atoms with van der Waals surface area (Å²) in [6.45, 7) is 5.38. The quantitative estimate of drug-likeness (QED) is 0.606. The van der Waals surface area contributed by atoms with Crippen LogP contribution in [0.2, 0.25) is 0 Å². The van der Waals surface area contributed by atoms with Crippen molar-refractivity contribution in [2.45, 2.75) is 39.5 Å². The maximum absolute atomic E-state index is 12.9. The number of alkyl halides is 3. The molecule has 0 radical (unpaired) electrons. The maximum Gasteiger partial charge on any atom is 0.416 e. The predicted molar refractivity (Wildman–Crippen MR) is 106 cm³/mol. The summed E-state index contributed by atoms with van der Waals surface area (Å²) in [5.74, 6) is 0.177. The third-order valence-electron chi connectivity index (χ3n) is 4.09. The van der Waals surface area contributed by atoms with E-state index in [9.17, 15) is 18.0 Å². The Morgan fingerprint density at radius 3 is 2.47 bits per heavy atom. The minimum absolute atomic E-state index is 0.0999. The standard InChI is InChI=1S/C21H21F3N4O2/c1-4-18(29)25-16-6-5-7-17(12-16)28-19(26-20(27-28)30-13(2)3)14-8-10-15(11-9-14)21(22,23)24/h5-13H,4H2,1-3H3,(H,25,29). The molecule has 2 aromatic carbocycles. The number of nitrogens with zero attached hydrogens (tertiary/aromatic N) is 3. The van der Waals surface area contributed by atoms with E-state index in [-0.39, 0.29) is 18.0 Å². The van der Waals surface area contributed by atoms with Crippen molar-refractivity contribution >= 4 is 11.6 Å². The van der Waals surface area contributed by atoms with Gasteiger partial charge < -0.3 is 10.1 Å². The molecule has 30 heavy (non-hydrogen) atoms. The average molecular weight is 418 g/mol. The molecule has 0 spiro atoms. The first-order chi connectivity index (χ1) is 14.2. The van der Waals surface area contributed by atoms with Gasteiger partial charge in [0.25, 0.3) is 0 Å². The van der Waals surface area contributed by atoms with E-state index in [4.69, 9.17) is 4.74 Å². The van der Waals surface area contributed by atoms with Crippen LogP contribution < -0.4 is 10.1 Å². The lowest BCUT2D eigenvalue weighted by Gasteiger charge is -2.10. The highest BCUT2D eigenvalue weighted by Crippen LogP contribution is 2.32. The Morgan fingerprint density at radius 1 is 1.17 bits per heavy atom. The van der Waals surface area contributed by atoms with Gasteiger partial charge in [-0.15, -0.1) is 5.10 Å². The van der Waals surface area contributed by atoms with Gasteiger partial charge in [0.1, 0.15) is 0 Å². The zero-order valence-corrected chi connectivity index (χ0v) is 16.7. The summed E-state index contributed by atoms with van der Waals surface area (Å²) >= 11 is 0. The van der Waals surface area contributed by atoms with Crippen molar-refractivity contribution in [3.8, 4) is 23.1 Å². The fraction of sp³-hybridized carbons (Fsp3) is 0.286. The monoisotopic (exact) mass is 418 g/mol. The first-order valence-electron chi connectivity index (χ1n) is 9.39. The number of ether oxygens (including phenoxy) is 1. The number of hydrogen-bond donors (Lipinski definition) is 1. The van der Waals surface area contributed by atoms with Gasteiger partial charge in [0, 0.05) is 17.7 Å². The molecule has 3 rings (SSSR count). The van der Waals surface area contributed by atoms with Gasteiger partial charge in [0.2, 0.25) is 5.91 Å². The number of halogens is 3. The van der Waals surface area contributed by atoms with Crippen molar-refractivity contribution in [3.05, 3.63) is 54.1 Å². The Bertz CT molecular complexity index is 1030. The third kappa shape index (κ3) is 4.97. The molecule has 0 aliphatic rings. The Labute approximate surface area is 171 Å². The molecular formula is C21H21F3N4O2. The van der Waals surface area contributed by atoms with E-state index in [1.165, 1.54) is 16.8 Å².